The van der Waals surface area contributed by atoms with E-state index in [2.05, 4.69) is 25.9 Å². The summed E-state index contributed by atoms with van der Waals surface area (Å²) < 4.78 is 20.4. The summed E-state index contributed by atoms with van der Waals surface area (Å²) in [6.45, 7) is 4.34. The van der Waals surface area contributed by atoms with Crippen molar-refractivity contribution in [2.24, 2.45) is 5.10 Å². The lowest BCUT2D eigenvalue weighted by Crippen LogP contribution is -2.00. The van der Waals surface area contributed by atoms with Crippen LogP contribution in [-0.4, -0.2) is 32.4 Å². The number of benzene rings is 1. The molecule has 8 nitrogen and oxygen atoms in total. The van der Waals surface area contributed by atoms with E-state index in [1.54, 1.807) is 23.2 Å². The molecule has 1 N–H and O–H groups in total. The van der Waals surface area contributed by atoms with Gasteiger partial charge in [-0.3, -0.25) is 0 Å². The van der Waals surface area contributed by atoms with Gasteiger partial charge in [0.2, 0.25) is 17.4 Å². The Labute approximate surface area is 171 Å². The first-order chi connectivity index (χ1) is 14.1. The normalized spacial score (nSPS) is 12.9. The van der Waals surface area contributed by atoms with Crippen LogP contribution in [0, 0.1) is 18.6 Å². The van der Waals surface area contributed by atoms with Crippen LogP contribution < -0.4 is 9.47 Å². The highest BCUT2D eigenvalue weighted by atomic mass is 32.1. The van der Waals surface area contributed by atoms with Gasteiger partial charge in [-0.1, -0.05) is 0 Å². The monoisotopic (exact) mass is 407 g/mol. The van der Waals surface area contributed by atoms with Crippen LogP contribution in [0.4, 0.5) is 0 Å². The Morgan fingerprint density at radius 1 is 1.17 bits per heavy atom. The molecular weight excluding hydrogens is 390 g/mol. The number of aromatic amines is 1. The van der Waals surface area contributed by atoms with Gasteiger partial charge in [-0.25, -0.2) is 5.10 Å². The average Bonchev–Trinajstić information content (AvgIpc) is 3.48. The van der Waals surface area contributed by atoms with Crippen molar-refractivity contribution in [2.75, 3.05) is 6.79 Å². The summed E-state index contributed by atoms with van der Waals surface area (Å²) in [6.07, 6.45) is 3.35. The second kappa shape index (κ2) is 6.78. The number of hydrogen-bond acceptors (Lipinski definition) is 6. The van der Waals surface area contributed by atoms with Crippen molar-refractivity contribution in [1.29, 1.82) is 0 Å². The molecule has 1 aromatic carbocycles. The molecule has 0 unspecified atom stereocenters. The van der Waals surface area contributed by atoms with Crippen LogP contribution in [0.2, 0.25) is 0 Å². The van der Waals surface area contributed by atoms with E-state index in [-0.39, 0.29) is 6.79 Å². The molecule has 0 fully saturated rings. The van der Waals surface area contributed by atoms with Gasteiger partial charge in [-0.2, -0.15) is 9.78 Å². The third kappa shape index (κ3) is 2.95. The molecule has 1 aliphatic heterocycles. The van der Waals surface area contributed by atoms with Crippen molar-refractivity contribution < 1.29 is 13.9 Å². The fourth-order valence-corrected chi connectivity index (χ4v) is 3.60. The topological polar surface area (TPSA) is 82.5 Å². The summed E-state index contributed by atoms with van der Waals surface area (Å²) in [6, 6.07) is 11.6. The van der Waals surface area contributed by atoms with Crippen LogP contribution in [-0.2, 0) is 0 Å². The van der Waals surface area contributed by atoms with Crippen LogP contribution >= 0.6 is 12.2 Å². The number of nitrogens with one attached hydrogen (secondary N) is 1. The lowest BCUT2D eigenvalue weighted by atomic mass is 10.2. The largest absolute Gasteiger partial charge is 0.461 e. The minimum absolute atomic E-state index is 0.254. The molecule has 0 saturated heterocycles. The Bertz CT molecular complexity index is 1280. The summed E-state index contributed by atoms with van der Waals surface area (Å²) in [4.78, 5) is 0. The smallest absolute Gasteiger partial charge is 0.231 e. The molecule has 146 valence electrons. The van der Waals surface area contributed by atoms with Crippen LogP contribution in [0.3, 0.4) is 0 Å². The first kappa shape index (κ1) is 17.5. The molecule has 0 radical (unpaired) electrons. The Balaban J connectivity index is 1.52. The molecule has 29 heavy (non-hydrogen) atoms. The van der Waals surface area contributed by atoms with Crippen molar-refractivity contribution in [2.45, 2.75) is 13.8 Å². The first-order valence-electron chi connectivity index (χ1n) is 8.96. The third-order valence-corrected chi connectivity index (χ3v) is 5.05. The Morgan fingerprint density at radius 2 is 2.03 bits per heavy atom. The SMILES string of the molecule is Cc1cc(/C=N\n2c(-c3ccco3)n[nH]c2=S)c(C)n1-c1ccc2c(c1)OCO2. The zero-order valence-corrected chi connectivity index (χ0v) is 16.6. The summed E-state index contributed by atoms with van der Waals surface area (Å²) in [5, 5.41) is 11.5. The molecule has 1 aliphatic rings. The number of furan rings is 1. The van der Waals surface area contributed by atoms with E-state index in [0.29, 0.717) is 16.4 Å². The summed E-state index contributed by atoms with van der Waals surface area (Å²) in [5.74, 6) is 2.61. The van der Waals surface area contributed by atoms with Crippen LogP contribution in [0.15, 0.2) is 52.2 Å². The number of hydrogen-bond donors (Lipinski definition) is 1. The fraction of sp³-hybridized carbons (Fsp3) is 0.150. The second-order valence-electron chi connectivity index (χ2n) is 6.59. The number of H-pyrrole nitrogens is 1. The molecule has 0 aliphatic carbocycles. The van der Waals surface area contributed by atoms with Gasteiger partial charge in [0.25, 0.3) is 0 Å². The molecule has 5 rings (SSSR count). The Kier molecular flexibility index (Phi) is 4.09. The van der Waals surface area contributed by atoms with Gasteiger partial charge < -0.3 is 18.5 Å². The predicted molar refractivity (Wildman–Crippen MR) is 109 cm³/mol. The number of nitrogens with zero attached hydrogens (tertiary/aromatic N) is 4. The summed E-state index contributed by atoms with van der Waals surface area (Å²) in [7, 11) is 0. The van der Waals surface area contributed by atoms with Crippen LogP contribution in [0.5, 0.6) is 11.5 Å². The molecule has 0 bridgehead atoms. The number of fused-ring (bicyclic) bond motifs is 1. The third-order valence-electron chi connectivity index (χ3n) is 4.79. The van der Waals surface area contributed by atoms with Gasteiger partial charge in [-0.15, -0.1) is 5.10 Å². The van der Waals surface area contributed by atoms with E-state index < -0.39 is 0 Å². The average molecular weight is 407 g/mol. The Hall–Kier alpha value is -3.59. The highest BCUT2D eigenvalue weighted by Crippen LogP contribution is 2.34. The van der Waals surface area contributed by atoms with E-state index in [0.717, 1.165) is 34.1 Å². The maximum Gasteiger partial charge on any atom is 0.231 e. The standard InChI is InChI=1S/C20H17N5O3S/c1-12-8-14(10-21-25-19(22-23-20(25)29)17-4-3-7-26-17)13(2)24(12)15-5-6-16-18(9-15)28-11-27-16/h3-10H,11H2,1-2H3,(H,23,29)/b21-10-. The number of rotatable bonds is 4. The zero-order valence-electron chi connectivity index (χ0n) is 15.7. The van der Waals surface area contributed by atoms with Crippen molar-refractivity contribution in [3.8, 4) is 28.8 Å². The fourth-order valence-electron chi connectivity index (χ4n) is 3.42. The second-order valence-corrected chi connectivity index (χ2v) is 6.97. The van der Waals surface area contributed by atoms with Gasteiger partial charge in [0.1, 0.15) is 0 Å². The molecule has 4 aromatic rings. The van der Waals surface area contributed by atoms with Gasteiger partial charge in [0, 0.05) is 28.7 Å². The quantitative estimate of drug-likeness (QED) is 0.405. The number of ether oxygens (including phenoxy) is 2. The molecule has 9 heteroatoms. The maximum atomic E-state index is 5.51. The van der Waals surface area contributed by atoms with Gasteiger partial charge in [-0.05, 0) is 56.4 Å². The highest BCUT2D eigenvalue weighted by Gasteiger charge is 2.17. The van der Waals surface area contributed by atoms with Gasteiger partial charge >= 0.3 is 0 Å². The molecule has 4 heterocycles. The molecule has 0 amide bonds. The van der Waals surface area contributed by atoms with Crippen molar-refractivity contribution >= 4 is 18.4 Å². The van der Waals surface area contributed by atoms with Gasteiger partial charge in [0.15, 0.2) is 17.3 Å². The van der Waals surface area contributed by atoms with E-state index in [1.165, 1.54) is 0 Å². The lowest BCUT2D eigenvalue weighted by Gasteiger charge is -2.10. The van der Waals surface area contributed by atoms with Crippen LogP contribution in [0.1, 0.15) is 17.0 Å². The van der Waals surface area contributed by atoms with Crippen molar-refractivity contribution in [3.63, 3.8) is 0 Å². The maximum absolute atomic E-state index is 5.51. The van der Waals surface area contributed by atoms with Crippen LogP contribution in [0.25, 0.3) is 17.3 Å². The minimum Gasteiger partial charge on any atom is -0.461 e. The minimum atomic E-state index is 0.254. The number of aryl methyl sites for hydroxylation is 1. The van der Waals surface area contributed by atoms with E-state index in [1.807, 2.05) is 38.1 Å². The zero-order chi connectivity index (χ0) is 20.0. The van der Waals surface area contributed by atoms with Gasteiger partial charge in [0.05, 0.1) is 12.5 Å². The highest BCUT2D eigenvalue weighted by molar-refractivity contribution is 7.71. The molecule has 0 spiro atoms. The molecule has 0 atom stereocenters. The molecule has 3 aromatic heterocycles. The predicted octanol–water partition coefficient (Wildman–Crippen LogP) is 4.22. The summed E-state index contributed by atoms with van der Waals surface area (Å²) >= 11 is 5.31. The first-order valence-corrected chi connectivity index (χ1v) is 9.37. The number of aromatic nitrogens is 4. The Morgan fingerprint density at radius 3 is 2.86 bits per heavy atom. The molecular formula is C20H17N5O3S. The van der Waals surface area contributed by atoms with E-state index in [4.69, 9.17) is 26.1 Å². The lowest BCUT2D eigenvalue weighted by molar-refractivity contribution is 0.174. The van der Waals surface area contributed by atoms with E-state index >= 15 is 0 Å². The van der Waals surface area contributed by atoms with Crippen molar-refractivity contribution in [3.05, 3.63) is 64.4 Å². The summed E-state index contributed by atoms with van der Waals surface area (Å²) in [5.41, 5.74) is 4.08. The van der Waals surface area contributed by atoms with E-state index in [9.17, 15) is 0 Å². The van der Waals surface area contributed by atoms with Crippen molar-refractivity contribution in [1.82, 2.24) is 19.4 Å². The molecule has 0 saturated carbocycles.